The molecule has 3 atom stereocenters. The first-order chi connectivity index (χ1) is 16.7. The quantitative estimate of drug-likeness (QED) is 0.614. The van der Waals surface area contributed by atoms with E-state index in [0.717, 1.165) is 44.9 Å². The fourth-order valence-corrected chi connectivity index (χ4v) is 11.1. The summed E-state index contributed by atoms with van der Waals surface area (Å²) in [4.78, 5) is 13.6. The maximum Gasteiger partial charge on any atom is 0.261 e. The highest BCUT2D eigenvalue weighted by atomic mass is 32.2. The number of hydrogen-bond acceptors (Lipinski definition) is 4. The predicted octanol–water partition coefficient (Wildman–Crippen LogP) is 4.98. The Labute approximate surface area is 213 Å². The summed E-state index contributed by atoms with van der Waals surface area (Å²) in [6.45, 7) is 5.67. The van der Waals surface area contributed by atoms with Crippen LogP contribution >= 0.6 is 11.3 Å². The first-order valence-corrected chi connectivity index (χ1v) is 15.6. The van der Waals surface area contributed by atoms with Crippen molar-refractivity contribution in [3.63, 3.8) is 0 Å². The number of aryl methyl sites for hydroxylation is 1. The van der Waals surface area contributed by atoms with Gasteiger partial charge in [-0.2, -0.15) is 0 Å². The van der Waals surface area contributed by atoms with E-state index in [1.165, 1.54) is 22.5 Å². The van der Waals surface area contributed by atoms with E-state index in [1.807, 2.05) is 17.5 Å². The number of fused-ring (bicyclic) bond motifs is 4. The monoisotopic (exact) mass is 512 g/mol. The molecular formula is C28H36N2O3S2. The van der Waals surface area contributed by atoms with Gasteiger partial charge in [0.2, 0.25) is 10.0 Å². The molecule has 3 fully saturated rings. The molecule has 7 heteroatoms. The maximum absolute atomic E-state index is 13.9. The van der Waals surface area contributed by atoms with Gasteiger partial charge in [-0.1, -0.05) is 44.2 Å². The van der Waals surface area contributed by atoms with Crippen LogP contribution in [0.25, 0.3) is 0 Å². The van der Waals surface area contributed by atoms with Crippen molar-refractivity contribution >= 4 is 27.3 Å². The molecule has 1 aromatic carbocycles. The van der Waals surface area contributed by atoms with E-state index < -0.39 is 15.4 Å². The van der Waals surface area contributed by atoms with Gasteiger partial charge in [0.1, 0.15) is 0 Å². The maximum atomic E-state index is 13.9. The van der Waals surface area contributed by atoms with Gasteiger partial charge in [-0.3, -0.25) is 4.79 Å². The van der Waals surface area contributed by atoms with Crippen LogP contribution in [-0.4, -0.2) is 43.5 Å². The number of thiophene rings is 1. The van der Waals surface area contributed by atoms with E-state index in [1.54, 1.807) is 4.31 Å². The lowest BCUT2D eigenvalue weighted by atomic mass is 9.69. The molecule has 2 aromatic rings. The Bertz CT molecular complexity index is 1230. The summed E-state index contributed by atoms with van der Waals surface area (Å²) in [5.41, 5.74) is 2.50. The van der Waals surface area contributed by atoms with Gasteiger partial charge in [0.25, 0.3) is 5.91 Å². The molecule has 5 nitrogen and oxygen atoms in total. The second-order valence-corrected chi connectivity index (χ2v) is 14.9. The minimum absolute atomic E-state index is 0.0649. The van der Waals surface area contributed by atoms with Crippen molar-refractivity contribution in [1.82, 2.24) is 9.62 Å². The third-order valence-corrected chi connectivity index (χ3v) is 13.4. The molecular weight excluding hydrogens is 476 g/mol. The minimum Gasteiger partial charge on any atom is -0.348 e. The molecule has 2 unspecified atom stereocenters. The summed E-state index contributed by atoms with van der Waals surface area (Å²) in [7, 11) is -3.44. The molecule has 35 heavy (non-hydrogen) atoms. The van der Waals surface area contributed by atoms with Gasteiger partial charge in [-0.05, 0) is 84.3 Å². The molecule has 1 aromatic heterocycles. The van der Waals surface area contributed by atoms with E-state index >= 15 is 0 Å². The molecule has 188 valence electrons. The zero-order valence-corrected chi connectivity index (χ0v) is 22.4. The van der Waals surface area contributed by atoms with E-state index in [0.29, 0.717) is 23.9 Å². The van der Waals surface area contributed by atoms with Crippen LogP contribution in [0.4, 0.5) is 0 Å². The van der Waals surface area contributed by atoms with E-state index in [-0.39, 0.29) is 28.5 Å². The van der Waals surface area contributed by atoms with Gasteiger partial charge < -0.3 is 5.32 Å². The van der Waals surface area contributed by atoms with Crippen molar-refractivity contribution < 1.29 is 13.2 Å². The van der Waals surface area contributed by atoms with Crippen LogP contribution in [0.1, 0.15) is 73.2 Å². The first-order valence-electron chi connectivity index (χ1n) is 13.1. The molecule has 0 radical (unpaired) electrons. The average Bonchev–Trinajstić information content (AvgIpc) is 3.58. The lowest BCUT2D eigenvalue weighted by Crippen LogP contribution is -2.55. The van der Waals surface area contributed by atoms with Crippen LogP contribution in [0.3, 0.4) is 0 Å². The fraction of sp³-hybridized carbons (Fsp3) is 0.607. The molecule has 1 saturated heterocycles. The molecule has 1 amide bonds. The molecule has 2 saturated carbocycles. The lowest BCUT2D eigenvalue weighted by Gasteiger charge is -2.45. The average molecular weight is 513 g/mol. The highest BCUT2D eigenvalue weighted by Crippen LogP contribution is 2.66. The van der Waals surface area contributed by atoms with Crippen molar-refractivity contribution in [2.75, 3.05) is 18.8 Å². The molecule has 1 aliphatic heterocycles. The number of amides is 1. The standard InChI is InChI=1S/C28H36N2O3S2/c1-26(2)21-10-12-28(26,24(18-21)29-25(31)23-8-5-17-34-23)19-35(32,33)30-15-13-27(14-16-30)11-9-20-6-3-4-7-22(20)27/h3-8,17,21,24H,9-16,18-19H2,1-2H3,(H,29,31)/t21?,24?,28-/m1/s1. The van der Waals surface area contributed by atoms with E-state index in [9.17, 15) is 13.2 Å². The normalized spacial score (nSPS) is 31.0. The van der Waals surface area contributed by atoms with Crippen LogP contribution < -0.4 is 5.32 Å². The molecule has 3 aliphatic carbocycles. The Morgan fingerprint density at radius 1 is 1.09 bits per heavy atom. The largest absolute Gasteiger partial charge is 0.348 e. The van der Waals surface area contributed by atoms with Crippen LogP contribution in [0, 0.1) is 16.7 Å². The van der Waals surface area contributed by atoms with Crippen molar-refractivity contribution in [3.05, 3.63) is 57.8 Å². The van der Waals surface area contributed by atoms with Gasteiger partial charge >= 0.3 is 0 Å². The molecule has 6 rings (SSSR count). The van der Waals surface area contributed by atoms with E-state index in [2.05, 4.69) is 43.4 Å². The van der Waals surface area contributed by atoms with Crippen molar-refractivity contribution in [3.8, 4) is 0 Å². The highest BCUT2D eigenvalue weighted by molar-refractivity contribution is 7.89. The second kappa shape index (κ2) is 8.15. The van der Waals surface area contributed by atoms with Crippen LogP contribution in [0.5, 0.6) is 0 Å². The van der Waals surface area contributed by atoms with Gasteiger partial charge in [0.05, 0.1) is 10.6 Å². The molecule has 2 heterocycles. The number of piperidine rings is 1. The summed E-state index contributed by atoms with van der Waals surface area (Å²) in [5, 5.41) is 5.18. The molecule has 2 bridgehead atoms. The number of nitrogens with one attached hydrogen (secondary N) is 1. The summed E-state index contributed by atoms with van der Waals surface area (Å²) in [5.74, 6) is 0.526. The minimum atomic E-state index is -3.44. The number of carbonyl (C=O) groups is 1. The smallest absolute Gasteiger partial charge is 0.261 e. The van der Waals surface area contributed by atoms with Crippen LogP contribution in [0.2, 0.25) is 0 Å². The Hall–Kier alpha value is -1.70. The summed E-state index contributed by atoms with van der Waals surface area (Å²) >= 11 is 1.43. The number of hydrogen-bond donors (Lipinski definition) is 1. The topological polar surface area (TPSA) is 66.5 Å². The fourth-order valence-electron chi connectivity index (χ4n) is 8.15. The van der Waals surface area contributed by atoms with E-state index in [4.69, 9.17) is 0 Å². The number of nitrogens with zero attached hydrogens (tertiary/aromatic N) is 1. The van der Waals surface area contributed by atoms with Crippen LogP contribution in [0.15, 0.2) is 41.8 Å². The third-order valence-electron chi connectivity index (χ3n) is 10.5. The van der Waals surface area contributed by atoms with Crippen molar-refractivity contribution in [2.24, 2.45) is 16.7 Å². The molecule has 4 aliphatic rings. The van der Waals surface area contributed by atoms with Crippen LogP contribution in [-0.2, 0) is 21.9 Å². The Morgan fingerprint density at radius 2 is 1.86 bits per heavy atom. The number of benzene rings is 1. The summed E-state index contributed by atoms with van der Waals surface area (Å²) in [6, 6.07) is 12.4. The van der Waals surface area contributed by atoms with Crippen molar-refractivity contribution in [2.45, 2.75) is 70.3 Å². The lowest BCUT2D eigenvalue weighted by molar-refractivity contribution is 0.0831. The van der Waals surface area contributed by atoms with Gasteiger partial charge in [0, 0.05) is 24.5 Å². The van der Waals surface area contributed by atoms with Gasteiger partial charge in [-0.15, -0.1) is 11.3 Å². The highest BCUT2D eigenvalue weighted by Gasteiger charge is 2.66. The van der Waals surface area contributed by atoms with Gasteiger partial charge in [-0.25, -0.2) is 12.7 Å². The number of rotatable bonds is 5. The third kappa shape index (κ3) is 3.56. The first kappa shape index (κ1) is 23.7. The second-order valence-electron chi connectivity index (χ2n) is 11.9. The van der Waals surface area contributed by atoms with Gasteiger partial charge in [0.15, 0.2) is 0 Å². The Kier molecular flexibility index (Phi) is 5.52. The zero-order chi connectivity index (χ0) is 24.5. The predicted molar refractivity (Wildman–Crippen MR) is 140 cm³/mol. The summed E-state index contributed by atoms with van der Waals surface area (Å²) in [6.07, 6.45) is 6.84. The SMILES string of the molecule is CC1(C)C2CC[C@@]1(CS(=O)(=O)N1CCC3(CCc4ccccc43)CC1)C(NC(=O)c1cccs1)C2. The number of sulfonamides is 1. The molecule has 1 spiro atoms. The zero-order valence-electron chi connectivity index (χ0n) is 20.8. The Balaban J connectivity index is 1.21. The molecule has 1 N–H and O–H groups in total. The summed E-state index contributed by atoms with van der Waals surface area (Å²) < 4.78 is 29.6. The van der Waals surface area contributed by atoms with Crippen molar-refractivity contribution in [1.29, 1.82) is 0 Å². The number of carbonyl (C=O) groups excluding carboxylic acids is 1. The Morgan fingerprint density at radius 3 is 2.57 bits per heavy atom.